The van der Waals surface area contributed by atoms with E-state index in [-0.39, 0.29) is 0 Å². The molecule has 0 atom stereocenters. The van der Waals surface area contributed by atoms with Gasteiger partial charge < -0.3 is 24.9 Å². The van der Waals surface area contributed by atoms with Crippen LogP contribution in [0.3, 0.4) is 0 Å². The minimum atomic E-state index is 0.471. The van der Waals surface area contributed by atoms with Crippen LogP contribution in [0.4, 0.5) is 79.6 Å². The Balaban J connectivity index is 0.635. The Hall–Kier alpha value is -11.9. The van der Waals surface area contributed by atoms with Crippen molar-refractivity contribution in [2.45, 2.75) is 0 Å². The van der Waals surface area contributed by atoms with Crippen LogP contribution in [0.5, 0.6) is 0 Å². The molecule has 0 aromatic heterocycles. The van der Waals surface area contributed by atoms with Crippen LogP contribution < -0.4 is 24.9 Å². The van der Waals surface area contributed by atoms with Gasteiger partial charge in [0.2, 0.25) is 0 Å². The van der Waals surface area contributed by atoms with Crippen molar-refractivity contribution in [3.05, 3.63) is 376 Å². The number of hydrogen-bond acceptors (Lipinski definition) is 5. The second-order valence-corrected chi connectivity index (χ2v) is 21.8. The summed E-state index contributed by atoms with van der Waals surface area (Å²) >= 11 is 0. The van der Waals surface area contributed by atoms with Crippen molar-refractivity contribution >= 4 is 79.6 Å². The minimum absolute atomic E-state index is 0.471. The molecular formula is C84H63N5. The Morgan fingerprint density at radius 1 is 0.157 bits per heavy atom. The number of anilines is 14. The first-order valence-corrected chi connectivity index (χ1v) is 30.0. The van der Waals surface area contributed by atoms with E-state index in [2.05, 4.69) is 316 Å². The molecule has 0 heterocycles. The maximum atomic E-state index is 8.23. The summed E-state index contributed by atoms with van der Waals surface area (Å²) in [6.07, 6.45) is 0. The van der Waals surface area contributed by atoms with E-state index in [0.717, 1.165) is 124 Å². The first kappa shape index (κ1) is 52.6. The maximum absolute atomic E-state index is 8.23. The van der Waals surface area contributed by atoms with Crippen molar-refractivity contribution in [2.75, 3.05) is 24.9 Å². The first-order chi connectivity index (χ1) is 44.9. The standard InChI is InChI=1S/C84H63N5/c1-7-19-73(20-8-1)86(74-21-9-2-10-22-74)79-51-39-67(40-52-79)69-43-59-83(60-44-69)88(77-27-15-5-16-28-77)81-55-35-65(36-56-81)63-31-47-71(48-32-63)85-72-49-33-64(34-50-72)66-37-57-82(58-38-66)89(78-29-17-6-18-30-78)84-61-45-70(46-62-84)68-41-53-80(54-42-68)87(75-23-11-3-12-24-75)76-25-13-4-14-26-76/h1-62,85H/i5T,6T. The van der Waals surface area contributed by atoms with Crippen molar-refractivity contribution in [2.24, 2.45) is 0 Å². The van der Waals surface area contributed by atoms with Gasteiger partial charge in [0.1, 0.15) is 0 Å². The number of benzene rings is 14. The van der Waals surface area contributed by atoms with Crippen LogP contribution in [0.1, 0.15) is 2.74 Å². The number of hydrogen-bond donors (Lipinski definition) is 1. The lowest BCUT2D eigenvalue weighted by molar-refractivity contribution is 1.28. The third-order valence-electron chi connectivity index (χ3n) is 16.1. The van der Waals surface area contributed by atoms with Crippen molar-refractivity contribution in [1.82, 2.24) is 0 Å². The Morgan fingerprint density at radius 3 is 0.483 bits per heavy atom. The lowest BCUT2D eigenvalue weighted by Crippen LogP contribution is -2.09. The molecule has 14 aromatic carbocycles. The van der Waals surface area contributed by atoms with Crippen LogP contribution in [0, 0.1) is 0 Å². The lowest BCUT2D eigenvalue weighted by Gasteiger charge is -2.26. The quantitative estimate of drug-likeness (QED) is 0.0923. The average Bonchev–Trinajstić information content (AvgIpc) is 3.11. The molecule has 0 saturated heterocycles. The van der Waals surface area contributed by atoms with Gasteiger partial charge in [-0.2, -0.15) is 0 Å². The van der Waals surface area contributed by atoms with E-state index in [4.69, 9.17) is 2.74 Å². The van der Waals surface area contributed by atoms with Crippen LogP contribution in [0.2, 0.25) is 0 Å². The molecule has 0 fully saturated rings. The summed E-state index contributed by atoms with van der Waals surface area (Å²) in [4.78, 5) is 9.03. The highest BCUT2D eigenvalue weighted by Crippen LogP contribution is 2.42. The summed E-state index contributed by atoms with van der Waals surface area (Å²) < 4.78 is 16.5. The molecule has 89 heavy (non-hydrogen) atoms. The molecule has 0 spiro atoms. The van der Waals surface area contributed by atoms with E-state index < -0.39 is 0 Å². The molecule has 0 saturated carbocycles. The summed E-state index contributed by atoms with van der Waals surface area (Å²) in [6, 6.07) is 128. The van der Waals surface area contributed by atoms with Gasteiger partial charge in [-0.3, -0.25) is 0 Å². The molecule has 0 radical (unpaired) electrons. The maximum Gasteiger partial charge on any atom is 0.0623 e. The molecule has 1 N–H and O–H groups in total. The fourth-order valence-electron chi connectivity index (χ4n) is 11.6. The number of rotatable bonds is 18. The van der Waals surface area contributed by atoms with Gasteiger partial charge in [0.25, 0.3) is 0 Å². The predicted molar refractivity (Wildman–Crippen MR) is 377 cm³/mol. The molecule has 0 aliphatic rings. The third kappa shape index (κ3) is 12.3. The average molecular weight is 1150 g/mol. The summed E-state index contributed by atoms with van der Waals surface area (Å²) in [6.45, 7) is 0. The van der Waals surface area contributed by atoms with Crippen LogP contribution in [0.15, 0.2) is 376 Å². The summed E-state index contributed by atoms with van der Waals surface area (Å²) in [5.41, 5.74) is 23.6. The number of nitrogens with zero attached hydrogens (tertiary/aromatic N) is 4. The van der Waals surface area contributed by atoms with Crippen molar-refractivity contribution in [3.8, 4) is 44.5 Å². The summed E-state index contributed by atoms with van der Waals surface area (Å²) in [5.74, 6) is 0. The van der Waals surface area contributed by atoms with Crippen LogP contribution in [0.25, 0.3) is 44.5 Å². The van der Waals surface area contributed by atoms with Gasteiger partial charge in [-0.1, -0.05) is 206 Å². The second kappa shape index (κ2) is 25.7. The Kier molecular flexibility index (Phi) is 15.2. The van der Waals surface area contributed by atoms with Gasteiger partial charge in [-0.15, -0.1) is 0 Å². The normalized spacial score (nSPS) is 11.2. The Morgan fingerprint density at radius 2 is 0.303 bits per heavy atom. The summed E-state index contributed by atoms with van der Waals surface area (Å²) in [7, 11) is 0. The largest absolute Gasteiger partial charge is 0.356 e. The zero-order chi connectivity index (χ0) is 61.3. The van der Waals surface area contributed by atoms with Crippen molar-refractivity contribution < 1.29 is 2.74 Å². The van der Waals surface area contributed by atoms with E-state index in [1.165, 1.54) is 0 Å². The molecule has 14 rings (SSSR count). The zero-order valence-electron chi connectivity index (χ0n) is 50.9. The van der Waals surface area contributed by atoms with Gasteiger partial charge in [0, 0.05) is 79.6 Å². The van der Waals surface area contributed by atoms with E-state index >= 15 is 0 Å². The zero-order valence-corrected chi connectivity index (χ0v) is 48.9. The van der Waals surface area contributed by atoms with Crippen LogP contribution >= 0.6 is 0 Å². The van der Waals surface area contributed by atoms with E-state index in [9.17, 15) is 0 Å². The van der Waals surface area contributed by atoms with Gasteiger partial charge in [-0.25, -0.2) is 0 Å². The fourth-order valence-corrected chi connectivity index (χ4v) is 11.6. The predicted octanol–water partition coefficient (Wildman–Crippen LogP) is 24.0. The number of nitrogens with one attached hydrogen (secondary N) is 1. The van der Waals surface area contributed by atoms with Crippen molar-refractivity contribution in [1.29, 1.82) is 0 Å². The van der Waals surface area contributed by atoms with Crippen LogP contribution in [-0.2, 0) is 0 Å². The monoisotopic (exact) mass is 1150 g/mol. The molecule has 14 aromatic rings. The highest BCUT2D eigenvalue weighted by Gasteiger charge is 2.18. The van der Waals surface area contributed by atoms with Gasteiger partial charge in [0.05, 0.1) is 2.74 Å². The highest BCUT2D eigenvalue weighted by atomic mass is 15.2. The first-order valence-electron chi connectivity index (χ1n) is 31.0. The van der Waals surface area contributed by atoms with Crippen molar-refractivity contribution in [3.63, 3.8) is 0 Å². The molecule has 0 unspecified atom stereocenters. The molecular weight excluding hydrogens is 1080 g/mol. The van der Waals surface area contributed by atoms with E-state index in [1.54, 1.807) is 0 Å². The number of para-hydroxylation sites is 6. The molecule has 5 heteroatoms. The third-order valence-corrected chi connectivity index (χ3v) is 16.1. The lowest BCUT2D eigenvalue weighted by atomic mass is 10.0. The smallest absolute Gasteiger partial charge is 0.0623 e. The summed E-state index contributed by atoms with van der Waals surface area (Å²) in [5, 5.41) is 3.61. The van der Waals surface area contributed by atoms with Gasteiger partial charge >= 0.3 is 0 Å². The second-order valence-electron chi connectivity index (χ2n) is 21.8. The molecule has 5 nitrogen and oxygen atoms in total. The van der Waals surface area contributed by atoms with E-state index in [0.29, 0.717) is 12.1 Å². The SMILES string of the molecule is [3H]c1ccc(N(c2ccc(-c3ccc(Nc4ccc(-c5ccc(N(c6ccc([3H])cc6)c6ccc(-c7ccc(N(c8ccccc8)c8ccccc8)cc7)cc6)cc5)cc4)cc3)cc2)c2ccc(-c3ccc(N(c4ccccc4)c4ccccc4)cc3)cc2)cc1. The van der Waals surface area contributed by atoms with Gasteiger partial charge in [-0.05, 0) is 214 Å². The molecule has 0 aliphatic carbocycles. The van der Waals surface area contributed by atoms with Gasteiger partial charge in [0.15, 0.2) is 0 Å². The Labute approximate surface area is 525 Å². The highest BCUT2D eigenvalue weighted by molar-refractivity contribution is 5.85. The molecule has 424 valence electrons. The fraction of sp³-hybridized carbons (Fsp3) is 0. The molecule has 0 aliphatic heterocycles. The van der Waals surface area contributed by atoms with Crippen LogP contribution in [-0.4, -0.2) is 0 Å². The topological polar surface area (TPSA) is 25.0 Å². The molecule has 0 bridgehead atoms. The minimum Gasteiger partial charge on any atom is -0.356 e. The Bertz CT molecular complexity index is 4250. The van der Waals surface area contributed by atoms with E-state index in [1.807, 2.05) is 72.8 Å². The molecule has 0 amide bonds.